The predicted molar refractivity (Wildman–Crippen MR) is 95.6 cm³/mol. The molecular weight excluding hydrogens is 368 g/mol. The number of carbonyl (C=O) groups is 1. The second kappa shape index (κ2) is 7.37. The molecule has 0 saturated carbocycles. The number of amides is 1. The average molecular weight is 382 g/mol. The summed E-state index contributed by atoms with van der Waals surface area (Å²) in [6.07, 6.45) is 0. The average Bonchev–Trinajstić information content (AvgIpc) is 2.90. The van der Waals surface area contributed by atoms with Crippen LogP contribution in [0.25, 0.3) is 10.1 Å². The van der Waals surface area contributed by atoms with Crippen molar-refractivity contribution in [2.75, 3.05) is 6.61 Å². The number of para-hydroxylation sites is 1. The molecule has 1 unspecified atom stereocenters. The van der Waals surface area contributed by atoms with Gasteiger partial charge in [-0.2, -0.15) is 0 Å². The van der Waals surface area contributed by atoms with Crippen LogP contribution in [0.3, 0.4) is 0 Å². The molecule has 3 rings (SSSR count). The Morgan fingerprint density at radius 3 is 2.80 bits per heavy atom. The van der Waals surface area contributed by atoms with E-state index in [9.17, 15) is 13.6 Å². The lowest BCUT2D eigenvalue weighted by Gasteiger charge is -2.15. The maximum absolute atomic E-state index is 13.5. The maximum atomic E-state index is 13.5. The lowest BCUT2D eigenvalue weighted by molar-refractivity contribution is 0.0930. The van der Waals surface area contributed by atoms with Crippen LogP contribution in [-0.4, -0.2) is 18.6 Å². The molecule has 1 heterocycles. The summed E-state index contributed by atoms with van der Waals surface area (Å²) in [5.74, 6) is -1.10. The fourth-order valence-electron chi connectivity index (χ4n) is 2.29. The first-order valence-corrected chi connectivity index (χ1v) is 8.71. The van der Waals surface area contributed by atoms with Crippen LogP contribution in [0.2, 0.25) is 5.02 Å². The van der Waals surface area contributed by atoms with Crippen molar-refractivity contribution >= 4 is 38.9 Å². The summed E-state index contributed by atoms with van der Waals surface area (Å²) < 4.78 is 32.8. The topological polar surface area (TPSA) is 38.3 Å². The Labute approximate surface area is 152 Å². The summed E-state index contributed by atoms with van der Waals surface area (Å²) in [6.45, 7) is 1.84. The van der Waals surface area contributed by atoms with Crippen molar-refractivity contribution in [2.45, 2.75) is 13.0 Å². The number of nitrogens with one attached hydrogen (secondary N) is 1. The van der Waals surface area contributed by atoms with E-state index in [1.165, 1.54) is 24.3 Å². The van der Waals surface area contributed by atoms with Crippen LogP contribution in [0.15, 0.2) is 42.5 Å². The van der Waals surface area contributed by atoms with Crippen LogP contribution >= 0.6 is 22.9 Å². The minimum absolute atomic E-state index is 0.101. The zero-order chi connectivity index (χ0) is 18.0. The molecule has 0 radical (unpaired) electrons. The Morgan fingerprint density at radius 1 is 1.28 bits per heavy atom. The minimum Gasteiger partial charge on any atom is -0.488 e. The van der Waals surface area contributed by atoms with Crippen molar-refractivity contribution < 1.29 is 18.3 Å². The number of hydrogen-bond donors (Lipinski definition) is 1. The van der Waals surface area contributed by atoms with Crippen molar-refractivity contribution in [3.8, 4) is 5.75 Å². The van der Waals surface area contributed by atoms with Gasteiger partial charge in [0.05, 0.1) is 11.1 Å². The molecule has 1 aromatic heterocycles. The lowest BCUT2D eigenvalue weighted by atomic mass is 10.2. The van der Waals surface area contributed by atoms with Gasteiger partial charge in [0.1, 0.15) is 17.3 Å². The van der Waals surface area contributed by atoms with E-state index in [-0.39, 0.29) is 30.1 Å². The molecular formula is C18H14ClF2NO2S. The molecule has 7 heteroatoms. The molecule has 0 spiro atoms. The summed E-state index contributed by atoms with van der Waals surface area (Å²) in [5, 5.41) is 3.67. The van der Waals surface area contributed by atoms with Gasteiger partial charge < -0.3 is 10.1 Å². The number of thiophene rings is 1. The molecule has 1 N–H and O–H groups in total. The third kappa shape index (κ3) is 3.91. The molecule has 0 fully saturated rings. The molecule has 0 aliphatic heterocycles. The van der Waals surface area contributed by atoms with Gasteiger partial charge in [-0.15, -0.1) is 11.3 Å². The second-order valence-corrected chi connectivity index (χ2v) is 6.93. The highest BCUT2D eigenvalue weighted by molar-refractivity contribution is 7.21. The Hall–Kier alpha value is -2.18. The SMILES string of the molecule is CC(COc1ccccc1F)NC(=O)c1sc2cc(F)ccc2c1Cl. The zero-order valence-corrected chi connectivity index (χ0v) is 14.8. The van der Waals surface area contributed by atoms with Gasteiger partial charge in [-0.05, 0) is 37.3 Å². The first-order chi connectivity index (χ1) is 12.0. The van der Waals surface area contributed by atoms with Gasteiger partial charge in [0.25, 0.3) is 5.91 Å². The standard InChI is InChI=1S/C18H14ClF2NO2S/c1-10(9-24-14-5-3-2-4-13(14)21)22-18(23)17-16(19)12-7-6-11(20)8-15(12)25-17/h2-8,10H,9H2,1H3,(H,22,23). The van der Waals surface area contributed by atoms with E-state index in [0.717, 1.165) is 11.3 Å². The van der Waals surface area contributed by atoms with E-state index in [1.54, 1.807) is 25.1 Å². The molecule has 1 amide bonds. The van der Waals surface area contributed by atoms with Gasteiger partial charge in [-0.25, -0.2) is 8.78 Å². The number of fused-ring (bicyclic) bond motifs is 1. The molecule has 130 valence electrons. The third-order valence-electron chi connectivity index (χ3n) is 3.50. The van der Waals surface area contributed by atoms with Gasteiger partial charge in [0.2, 0.25) is 0 Å². The van der Waals surface area contributed by atoms with Crippen LogP contribution in [0.1, 0.15) is 16.6 Å². The van der Waals surface area contributed by atoms with Crippen molar-refractivity contribution in [1.29, 1.82) is 0 Å². The van der Waals surface area contributed by atoms with E-state index in [4.69, 9.17) is 16.3 Å². The van der Waals surface area contributed by atoms with Crippen LogP contribution in [0, 0.1) is 11.6 Å². The summed E-state index contributed by atoms with van der Waals surface area (Å²) in [5.41, 5.74) is 0. The van der Waals surface area contributed by atoms with E-state index in [0.29, 0.717) is 20.0 Å². The van der Waals surface area contributed by atoms with Gasteiger partial charge in [-0.3, -0.25) is 4.79 Å². The van der Waals surface area contributed by atoms with Crippen molar-refractivity contribution in [2.24, 2.45) is 0 Å². The van der Waals surface area contributed by atoms with Crippen LogP contribution in [-0.2, 0) is 0 Å². The second-order valence-electron chi connectivity index (χ2n) is 5.50. The van der Waals surface area contributed by atoms with Gasteiger partial charge in [0.15, 0.2) is 11.6 Å². The Kier molecular flexibility index (Phi) is 5.20. The number of halogens is 3. The van der Waals surface area contributed by atoms with E-state index < -0.39 is 5.82 Å². The summed E-state index contributed by atoms with van der Waals surface area (Å²) >= 11 is 7.35. The van der Waals surface area contributed by atoms with Gasteiger partial charge in [0, 0.05) is 10.1 Å². The van der Waals surface area contributed by atoms with Gasteiger partial charge >= 0.3 is 0 Å². The Bertz CT molecular complexity index is 929. The lowest BCUT2D eigenvalue weighted by Crippen LogP contribution is -2.36. The maximum Gasteiger partial charge on any atom is 0.263 e. The smallest absolute Gasteiger partial charge is 0.263 e. The summed E-state index contributed by atoms with van der Waals surface area (Å²) in [6, 6.07) is 9.87. The number of benzene rings is 2. The first kappa shape index (κ1) is 17.6. The quantitative estimate of drug-likeness (QED) is 0.673. The van der Waals surface area contributed by atoms with Crippen LogP contribution in [0.4, 0.5) is 8.78 Å². The van der Waals surface area contributed by atoms with Crippen LogP contribution < -0.4 is 10.1 Å². The minimum atomic E-state index is -0.462. The monoisotopic (exact) mass is 381 g/mol. The highest BCUT2D eigenvalue weighted by Gasteiger charge is 2.19. The summed E-state index contributed by atoms with van der Waals surface area (Å²) in [4.78, 5) is 12.7. The Morgan fingerprint density at radius 2 is 2.04 bits per heavy atom. The number of rotatable bonds is 5. The number of hydrogen-bond acceptors (Lipinski definition) is 3. The first-order valence-electron chi connectivity index (χ1n) is 7.51. The molecule has 3 nitrogen and oxygen atoms in total. The highest BCUT2D eigenvalue weighted by atomic mass is 35.5. The summed E-state index contributed by atoms with van der Waals surface area (Å²) in [7, 11) is 0. The predicted octanol–water partition coefficient (Wildman–Crippen LogP) is 5.03. The van der Waals surface area contributed by atoms with E-state index >= 15 is 0 Å². The number of ether oxygens (including phenoxy) is 1. The largest absolute Gasteiger partial charge is 0.488 e. The molecule has 0 aliphatic carbocycles. The zero-order valence-electron chi connectivity index (χ0n) is 13.2. The van der Waals surface area contributed by atoms with Crippen molar-refractivity contribution in [3.05, 3.63) is 64.0 Å². The van der Waals surface area contributed by atoms with Crippen molar-refractivity contribution in [1.82, 2.24) is 5.32 Å². The van der Waals surface area contributed by atoms with Crippen molar-refractivity contribution in [3.63, 3.8) is 0 Å². The normalized spacial score (nSPS) is 12.2. The highest BCUT2D eigenvalue weighted by Crippen LogP contribution is 2.35. The Balaban J connectivity index is 1.67. The fraction of sp³-hybridized carbons (Fsp3) is 0.167. The molecule has 0 bridgehead atoms. The van der Waals surface area contributed by atoms with Gasteiger partial charge in [-0.1, -0.05) is 23.7 Å². The molecule has 25 heavy (non-hydrogen) atoms. The van der Waals surface area contributed by atoms with E-state index in [2.05, 4.69) is 5.32 Å². The van der Waals surface area contributed by atoms with E-state index in [1.807, 2.05) is 0 Å². The third-order valence-corrected chi connectivity index (χ3v) is 5.16. The molecule has 0 aliphatic rings. The van der Waals surface area contributed by atoms with Crippen LogP contribution in [0.5, 0.6) is 5.75 Å². The molecule has 3 aromatic rings. The fourth-order valence-corrected chi connectivity index (χ4v) is 3.74. The molecule has 0 saturated heterocycles. The molecule has 2 aromatic carbocycles. The molecule has 1 atom stereocenters. The number of carbonyl (C=O) groups excluding carboxylic acids is 1.